The third-order valence-corrected chi connectivity index (χ3v) is 7.49. The van der Waals surface area contributed by atoms with E-state index >= 15 is 0 Å². The van der Waals surface area contributed by atoms with Gasteiger partial charge in [-0.25, -0.2) is 4.79 Å². The summed E-state index contributed by atoms with van der Waals surface area (Å²) in [5, 5.41) is 3.32. The molecule has 0 saturated heterocycles. The van der Waals surface area contributed by atoms with Crippen molar-refractivity contribution in [3.8, 4) is 5.75 Å². The van der Waals surface area contributed by atoms with Gasteiger partial charge in [0.25, 0.3) is 0 Å². The van der Waals surface area contributed by atoms with Crippen LogP contribution in [-0.4, -0.2) is 18.4 Å². The summed E-state index contributed by atoms with van der Waals surface area (Å²) in [5.74, 6) is -0.421. The highest BCUT2D eigenvalue weighted by molar-refractivity contribution is 9.10. The van der Waals surface area contributed by atoms with Crippen molar-refractivity contribution in [2.24, 2.45) is 0 Å². The van der Waals surface area contributed by atoms with Gasteiger partial charge in [-0.2, -0.15) is 0 Å². The van der Waals surface area contributed by atoms with Crippen LogP contribution in [-0.2, 0) is 16.1 Å². The van der Waals surface area contributed by atoms with Crippen LogP contribution in [0.1, 0.15) is 46.8 Å². The van der Waals surface area contributed by atoms with Crippen LogP contribution in [0.5, 0.6) is 5.75 Å². The summed E-state index contributed by atoms with van der Waals surface area (Å²) >= 11 is 7.08. The lowest BCUT2D eigenvalue weighted by atomic mass is 9.80. The summed E-state index contributed by atoms with van der Waals surface area (Å²) in [6, 6.07) is 21.1. The van der Waals surface area contributed by atoms with Crippen molar-refractivity contribution in [2.75, 3.05) is 6.61 Å². The van der Waals surface area contributed by atoms with E-state index in [0.29, 0.717) is 34.8 Å². The molecular weight excluding hydrogens is 586 g/mol. The van der Waals surface area contributed by atoms with Gasteiger partial charge in [0.05, 0.1) is 22.3 Å². The second kappa shape index (κ2) is 10.1. The minimum Gasteiger partial charge on any atom is -0.488 e. The first-order valence-electron chi connectivity index (χ1n) is 11.6. The maximum atomic E-state index is 13.6. The zero-order valence-electron chi connectivity index (χ0n) is 19.7. The minimum atomic E-state index is -0.572. The molecule has 0 fully saturated rings. The largest absolute Gasteiger partial charge is 0.488 e. The van der Waals surface area contributed by atoms with Gasteiger partial charge in [-0.3, -0.25) is 4.79 Å². The highest BCUT2D eigenvalue weighted by atomic mass is 79.9. The van der Waals surface area contributed by atoms with Crippen molar-refractivity contribution in [3.63, 3.8) is 0 Å². The molecule has 1 atom stereocenters. The molecule has 5 rings (SSSR count). The fraction of sp³-hybridized carbons (Fsp3) is 0.172. The number of ether oxygens (including phenoxy) is 2. The van der Waals surface area contributed by atoms with Crippen LogP contribution < -0.4 is 10.1 Å². The average Bonchev–Trinajstić information content (AvgIpc) is 3.15. The Balaban J connectivity index is 1.53. The SMILES string of the molecule is CCOC(=O)C1=C(C)NC2=C(C(=O)c3ccccc32)[C@H]1c1ccc(OCc2ccc(Br)cc2)c(Br)c1. The van der Waals surface area contributed by atoms with Gasteiger partial charge >= 0.3 is 5.97 Å². The molecule has 182 valence electrons. The summed E-state index contributed by atoms with van der Waals surface area (Å²) in [7, 11) is 0. The molecule has 0 saturated carbocycles. The van der Waals surface area contributed by atoms with Crippen LogP contribution in [0.15, 0.2) is 92.5 Å². The molecular formula is C29H23Br2NO4. The molecule has 1 aliphatic heterocycles. The Morgan fingerprint density at radius 2 is 1.72 bits per heavy atom. The van der Waals surface area contributed by atoms with E-state index in [1.165, 1.54) is 0 Å². The number of allylic oxidation sites excluding steroid dienone is 2. The fourth-order valence-electron chi connectivity index (χ4n) is 4.70. The molecule has 3 aromatic carbocycles. The Morgan fingerprint density at radius 1 is 1.00 bits per heavy atom. The van der Waals surface area contributed by atoms with Crippen molar-refractivity contribution >= 4 is 49.3 Å². The number of carbonyl (C=O) groups excluding carboxylic acids is 2. The van der Waals surface area contributed by atoms with Gasteiger partial charge < -0.3 is 14.8 Å². The third-order valence-electron chi connectivity index (χ3n) is 6.34. The molecule has 1 N–H and O–H groups in total. The van der Waals surface area contributed by atoms with Gasteiger partial charge in [-0.1, -0.05) is 58.4 Å². The van der Waals surface area contributed by atoms with E-state index in [1.807, 2.05) is 73.7 Å². The van der Waals surface area contributed by atoms with Crippen molar-refractivity contribution in [1.82, 2.24) is 5.32 Å². The van der Waals surface area contributed by atoms with E-state index in [0.717, 1.165) is 31.3 Å². The molecule has 1 heterocycles. The highest BCUT2D eigenvalue weighted by Crippen LogP contribution is 2.47. The number of esters is 1. The van der Waals surface area contributed by atoms with E-state index in [1.54, 1.807) is 6.92 Å². The molecule has 1 aliphatic carbocycles. The van der Waals surface area contributed by atoms with Gasteiger partial charge in [0, 0.05) is 32.8 Å². The number of ketones is 1. The number of benzene rings is 3. The minimum absolute atomic E-state index is 0.0842. The molecule has 0 spiro atoms. The summed E-state index contributed by atoms with van der Waals surface area (Å²) in [5.41, 5.74) is 5.73. The maximum absolute atomic E-state index is 13.6. The third kappa shape index (κ3) is 4.42. The number of carbonyl (C=O) groups is 2. The number of Topliss-reactive ketones (excluding diaryl/α,β-unsaturated/α-hetero) is 1. The van der Waals surface area contributed by atoms with Gasteiger partial charge in [0.1, 0.15) is 12.4 Å². The van der Waals surface area contributed by atoms with Crippen LogP contribution in [0, 0.1) is 0 Å². The number of hydrogen-bond acceptors (Lipinski definition) is 5. The van der Waals surface area contributed by atoms with Gasteiger partial charge in [-0.15, -0.1) is 0 Å². The first kappa shape index (κ1) is 24.5. The molecule has 36 heavy (non-hydrogen) atoms. The Morgan fingerprint density at radius 3 is 2.42 bits per heavy atom. The summed E-state index contributed by atoms with van der Waals surface area (Å²) in [6.07, 6.45) is 0. The average molecular weight is 609 g/mol. The summed E-state index contributed by atoms with van der Waals surface area (Å²) in [4.78, 5) is 26.7. The van der Waals surface area contributed by atoms with Crippen LogP contribution >= 0.6 is 31.9 Å². The summed E-state index contributed by atoms with van der Waals surface area (Å²) in [6.45, 7) is 4.28. The molecule has 7 heteroatoms. The van der Waals surface area contributed by atoms with Crippen molar-refractivity contribution in [3.05, 3.63) is 115 Å². The molecule has 0 unspecified atom stereocenters. The number of fused-ring (bicyclic) bond motifs is 2. The number of halogens is 2. The van der Waals surface area contributed by atoms with Crippen molar-refractivity contribution in [1.29, 1.82) is 0 Å². The molecule has 0 amide bonds. The number of nitrogens with one attached hydrogen (secondary N) is 1. The highest BCUT2D eigenvalue weighted by Gasteiger charge is 2.43. The Kier molecular flexibility index (Phi) is 6.86. The Bertz CT molecular complexity index is 1440. The monoisotopic (exact) mass is 607 g/mol. The van der Waals surface area contributed by atoms with Crippen LogP contribution in [0.2, 0.25) is 0 Å². The van der Waals surface area contributed by atoms with Gasteiger partial charge in [0.15, 0.2) is 5.78 Å². The number of hydrogen-bond donors (Lipinski definition) is 1. The lowest BCUT2D eigenvalue weighted by Gasteiger charge is -2.29. The maximum Gasteiger partial charge on any atom is 0.336 e. The quantitative estimate of drug-likeness (QED) is 0.308. The number of dihydropyridines is 1. The van der Waals surface area contributed by atoms with E-state index < -0.39 is 11.9 Å². The first-order valence-corrected chi connectivity index (χ1v) is 13.2. The Labute approximate surface area is 226 Å². The lowest BCUT2D eigenvalue weighted by Crippen LogP contribution is -2.29. The molecule has 0 aromatic heterocycles. The molecule has 5 nitrogen and oxygen atoms in total. The topological polar surface area (TPSA) is 64.6 Å². The van der Waals surface area contributed by atoms with E-state index in [-0.39, 0.29) is 12.4 Å². The number of rotatable bonds is 6. The van der Waals surface area contributed by atoms with E-state index in [2.05, 4.69) is 37.2 Å². The predicted molar refractivity (Wildman–Crippen MR) is 146 cm³/mol. The second-order valence-corrected chi connectivity index (χ2v) is 10.4. The standard InChI is InChI=1S/C29H23Br2NO4/c1-3-35-29(34)24-16(2)32-27-20-6-4-5-7-21(20)28(33)26(27)25(24)18-10-13-23(22(31)14-18)36-15-17-8-11-19(30)12-9-17/h4-14,25,32H,3,15H2,1-2H3/t25-/m0/s1. The lowest BCUT2D eigenvalue weighted by molar-refractivity contribution is -0.138. The van der Waals surface area contributed by atoms with E-state index in [9.17, 15) is 9.59 Å². The summed E-state index contributed by atoms with van der Waals surface area (Å²) < 4.78 is 13.2. The molecule has 3 aromatic rings. The predicted octanol–water partition coefficient (Wildman–Crippen LogP) is 6.92. The van der Waals surface area contributed by atoms with Crippen LogP contribution in [0.4, 0.5) is 0 Å². The van der Waals surface area contributed by atoms with Crippen LogP contribution in [0.3, 0.4) is 0 Å². The second-order valence-electron chi connectivity index (χ2n) is 8.59. The van der Waals surface area contributed by atoms with E-state index in [4.69, 9.17) is 9.47 Å². The van der Waals surface area contributed by atoms with Crippen LogP contribution in [0.25, 0.3) is 5.70 Å². The smallest absolute Gasteiger partial charge is 0.336 e. The van der Waals surface area contributed by atoms with Gasteiger partial charge in [0.2, 0.25) is 0 Å². The first-order chi connectivity index (χ1) is 17.4. The zero-order valence-corrected chi connectivity index (χ0v) is 22.9. The van der Waals surface area contributed by atoms with Crippen molar-refractivity contribution < 1.29 is 19.1 Å². The molecule has 0 bridgehead atoms. The van der Waals surface area contributed by atoms with Crippen molar-refractivity contribution in [2.45, 2.75) is 26.4 Å². The molecule has 2 aliphatic rings. The molecule has 0 radical (unpaired) electrons. The normalized spacial score (nSPS) is 16.4. The van der Waals surface area contributed by atoms with Gasteiger partial charge in [-0.05, 0) is 65.2 Å². The Hall–Kier alpha value is -3.16. The zero-order chi connectivity index (χ0) is 25.4. The fourth-order valence-corrected chi connectivity index (χ4v) is 5.47.